The molecule has 0 saturated heterocycles. The van der Waals surface area contributed by atoms with E-state index in [-0.39, 0.29) is 12.6 Å². The fraction of sp³-hybridized carbons (Fsp3) is 0.200. The molecule has 2 amide bonds. The highest BCUT2D eigenvalue weighted by molar-refractivity contribution is 5.90. The number of hydrogen-bond donors (Lipinski definition) is 2. The van der Waals surface area contributed by atoms with E-state index >= 15 is 0 Å². The molecule has 3 rings (SSSR count). The molecule has 0 aliphatic rings. The van der Waals surface area contributed by atoms with E-state index in [2.05, 4.69) is 15.6 Å². The second-order valence-electron chi connectivity index (χ2n) is 5.71. The van der Waals surface area contributed by atoms with E-state index in [1.165, 1.54) is 21.3 Å². The lowest BCUT2D eigenvalue weighted by atomic mass is 10.1. The second kappa shape index (κ2) is 8.81. The van der Waals surface area contributed by atoms with Gasteiger partial charge >= 0.3 is 6.03 Å². The second-order valence-corrected chi connectivity index (χ2v) is 5.71. The van der Waals surface area contributed by atoms with Crippen LogP contribution in [0.1, 0.15) is 5.56 Å². The fourth-order valence-corrected chi connectivity index (χ4v) is 2.72. The van der Waals surface area contributed by atoms with Gasteiger partial charge in [0.1, 0.15) is 5.69 Å². The Morgan fingerprint density at radius 1 is 1.07 bits per heavy atom. The van der Waals surface area contributed by atoms with Crippen LogP contribution in [0.15, 0.2) is 53.3 Å². The molecule has 2 N–H and O–H groups in total. The van der Waals surface area contributed by atoms with Crippen LogP contribution in [0.2, 0.25) is 0 Å². The molecule has 0 saturated carbocycles. The number of benzene rings is 1. The Balaban J connectivity index is 1.71. The van der Waals surface area contributed by atoms with Crippen molar-refractivity contribution in [1.29, 1.82) is 0 Å². The molecule has 2 heterocycles. The molecule has 0 bridgehead atoms. The van der Waals surface area contributed by atoms with Crippen molar-refractivity contribution < 1.29 is 23.4 Å². The van der Waals surface area contributed by atoms with Crippen LogP contribution in [0.25, 0.3) is 11.5 Å². The molecule has 146 valence electrons. The molecule has 0 unspecified atom stereocenters. The molecule has 8 heteroatoms. The maximum absolute atomic E-state index is 12.4. The number of carbonyl (C=O) groups is 1. The number of rotatable bonds is 7. The van der Waals surface area contributed by atoms with Crippen LogP contribution in [0.5, 0.6) is 17.2 Å². The van der Waals surface area contributed by atoms with Gasteiger partial charge in [-0.3, -0.25) is 4.98 Å². The summed E-state index contributed by atoms with van der Waals surface area (Å²) in [5.41, 5.74) is 2.02. The van der Waals surface area contributed by atoms with Crippen molar-refractivity contribution in [2.24, 2.45) is 0 Å². The number of pyridine rings is 1. The van der Waals surface area contributed by atoms with Gasteiger partial charge in [0.2, 0.25) is 5.75 Å². The molecule has 0 aliphatic heterocycles. The Morgan fingerprint density at radius 2 is 1.82 bits per heavy atom. The zero-order chi connectivity index (χ0) is 19.9. The molecule has 1 aromatic carbocycles. The van der Waals surface area contributed by atoms with Gasteiger partial charge in [-0.15, -0.1) is 0 Å². The smallest absolute Gasteiger partial charge is 0.319 e. The highest BCUT2D eigenvalue weighted by atomic mass is 16.5. The fourth-order valence-electron chi connectivity index (χ4n) is 2.72. The normalized spacial score (nSPS) is 10.2. The van der Waals surface area contributed by atoms with Gasteiger partial charge in [-0.25, -0.2) is 4.79 Å². The lowest BCUT2D eigenvalue weighted by Crippen LogP contribution is -2.28. The molecule has 0 aliphatic carbocycles. The third kappa shape index (κ3) is 4.17. The standard InChI is InChI=1S/C20H21N3O5/c1-25-16-10-14(11-17(26-2)19(16)27-3)23-20(24)22-12-13-6-4-8-21-18(13)15-7-5-9-28-15/h4-11H,12H2,1-3H3,(H2,22,23,24). The van der Waals surface area contributed by atoms with Gasteiger partial charge < -0.3 is 29.3 Å². The molecular weight excluding hydrogens is 362 g/mol. The molecule has 0 fully saturated rings. The zero-order valence-corrected chi connectivity index (χ0v) is 15.8. The summed E-state index contributed by atoms with van der Waals surface area (Å²) in [5, 5.41) is 5.57. The van der Waals surface area contributed by atoms with Gasteiger partial charge in [-0.05, 0) is 18.2 Å². The molecule has 8 nitrogen and oxygen atoms in total. The molecular formula is C20H21N3O5. The Bertz CT molecular complexity index is 916. The maximum Gasteiger partial charge on any atom is 0.319 e. The van der Waals surface area contributed by atoms with Crippen LogP contribution in [0, 0.1) is 0 Å². The number of carbonyl (C=O) groups excluding carboxylic acids is 1. The number of amides is 2. The largest absolute Gasteiger partial charge is 0.493 e. The molecule has 0 radical (unpaired) electrons. The number of urea groups is 1. The zero-order valence-electron chi connectivity index (χ0n) is 15.8. The summed E-state index contributed by atoms with van der Waals surface area (Å²) in [6.45, 7) is 0.278. The van der Waals surface area contributed by atoms with Gasteiger partial charge in [-0.2, -0.15) is 0 Å². The Labute approximate surface area is 162 Å². The van der Waals surface area contributed by atoms with Crippen LogP contribution in [0.3, 0.4) is 0 Å². The number of nitrogens with zero attached hydrogens (tertiary/aromatic N) is 1. The van der Waals surface area contributed by atoms with E-state index < -0.39 is 0 Å². The van der Waals surface area contributed by atoms with Crippen molar-refractivity contribution in [2.45, 2.75) is 6.54 Å². The predicted octanol–water partition coefficient (Wildman–Crippen LogP) is 3.69. The Hall–Kier alpha value is -3.68. The topological polar surface area (TPSA) is 94.9 Å². The van der Waals surface area contributed by atoms with Crippen LogP contribution < -0.4 is 24.8 Å². The summed E-state index contributed by atoms with van der Waals surface area (Å²) in [6, 6.07) is 10.2. The minimum atomic E-state index is -0.386. The number of nitrogens with one attached hydrogen (secondary N) is 2. The third-order valence-corrected chi connectivity index (χ3v) is 4.01. The van der Waals surface area contributed by atoms with Crippen molar-refractivity contribution in [2.75, 3.05) is 26.6 Å². The third-order valence-electron chi connectivity index (χ3n) is 4.01. The van der Waals surface area contributed by atoms with Gasteiger partial charge in [0.25, 0.3) is 0 Å². The summed E-state index contributed by atoms with van der Waals surface area (Å²) in [5.74, 6) is 1.99. The van der Waals surface area contributed by atoms with Crippen LogP contribution in [-0.4, -0.2) is 32.3 Å². The summed E-state index contributed by atoms with van der Waals surface area (Å²) >= 11 is 0. The average Bonchev–Trinajstić information content (AvgIpc) is 3.26. The predicted molar refractivity (Wildman–Crippen MR) is 104 cm³/mol. The summed E-state index contributed by atoms with van der Waals surface area (Å²) in [7, 11) is 4.55. The minimum absolute atomic E-state index is 0.278. The van der Waals surface area contributed by atoms with Gasteiger partial charge in [0, 0.05) is 30.4 Å². The maximum atomic E-state index is 12.4. The Kier molecular flexibility index (Phi) is 6.01. The summed E-state index contributed by atoms with van der Waals surface area (Å²) in [6.07, 6.45) is 3.26. The quantitative estimate of drug-likeness (QED) is 0.646. The SMILES string of the molecule is COc1cc(NC(=O)NCc2cccnc2-c2ccco2)cc(OC)c1OC. The highest BCUT2D eigenvalue weighted by Gasteiger charge is 2.15. The van der Waals surface area contributed by atoms with E-state index in [1.54, 1.807) is 36.7 Å². The first-order valence-electron chi connectivity index (χ1n) is 8.49. The van der Waals surface area contributed by atoms with Crippen molar-refractivity contribution in [3.63, 3.8) is 0 Å². The number of ether oxygens (including phenoxy) is 3. The summed E-state index contributed by atoms with van der Waals surface area (Å²) in [4.78, 5) is 16.7. The molecule has 2 aromatic heterocycles. The van der Waals surface area contributed by atoms with E-state index in [1.807, 2.05) is 12.1 Å². The van der Waals surface area contributed by atoms with Crippen molar-refractivity contribution in [3.05, 3.63) is 54.4 Å². The van der Waals surface area contributed by atoms with Crippen molar-refractivity contribution in [3.8, 4) is 28.7 Å². The number of aromatic nitrogens is 1. The minimum Gasteiger partial charge on any atom is -0.493 e. The van der Waals surface area contributed by atoms with Crippen molar-refractivity contribution >= 4 is 11.7 Å². The van der Waals surface area contributed by atoms with Crippen LogP contribution >= 0.6 is 0 Å². The number of hydrogen-bond acceptors (Lipinski definition) is 6. The number of furan rings is 1. The number of anilines is 1. The Morgan fingerprint density at radius 3 is 2.43 bits per heavy atom. The van der Waals surface area contributed by atoms with Gasteiger partial charge in [-0.1, -0.05) is 6.07 Å². The molecule has 28 heavy (non-hydrogen) atoms. The molecule has 0 spiro atoms. The first-order chi connectivity index (χ1) is 13.7. The van der Waals surface area contributed by atoms with E-state index in [0.717, 1.165) is 5.56 Å². The van der Waals surface area contributed by atoms with Crippen LogP contribution in [-0.2, 0) is 6.54 Å². The van der Waals surface area contributed by atoms with Gasteiger partial charge in [0.15, 0.2) is 17.3 Å². The average molecular weight is 383 g/mol. The monoisotopic (exact) mass is 383 g/mol. The lowest BCUT2D eigenvalue weighted by molar-refractivity contribution is 0.251. The first kappa shape index (κ1) is 19.1. The van der Waals surface area contributed by atoms with E-state index in [9.17, 15) is 4.79 Å². The first-order valence-corrected chi connectivity index (χ1v) is 8.49. The van der Waals surface area contributed by atoms with E-state index in [0.29, 0.717) is 34.4 Å². The van der Waals surface area contributed by atoms with Gasteiger partial charge in [0.05, 0.1) is 33.3 Å². The van der Waals surface area contributed by atoms with Crippen LogP contribution in [0.4, 0.5) is 10.5 Å². The van der Waals surface area contributed by atoms with E-state index in [4.69, 9.17) is 18.6 Å². The summed E-state index contributed by atoms with van der Waals surface area (Å²) < 4.78 is 21.3. The molecule has 0 atom stereocenters. The number of methoxy groups -OCH3 is 3. The highest BCUT2D eigenvalue weighted by Crippen LogP contribution is 2.39. The molecule has 3 aromatic rings. The lowest BCUT2D eigenvalue weighted by Gasteiger charge is -2.15. The van der Waals surface area contributed by atoms with Crippen molar-refractivity contribution in [1.82, 2.24) is 10.3 Å².